The smallest absolute Gasteiger partial charge is 0.340 e. The Morgan fingerprint density at radius 1 is 0.969 bits per heavy atom. The van der Waals surface area contributed by atoms with Crippen molar-refractivity contribution in [3.8, 4) is 0 Å². The summed E-state index contributed by atoms with van der Waals surface area (Å²) >= 11 is 0. The highest BCUT2D eigenvalue weighted by Crippen LogP contribution is 2.49. The molecule has 2 aromatic carbocycles. The molecule has 0 spiro atoms. The first-order valence-corrected chi connectivity index (χ1v) is 10.9. The molecule has 0 N–H and O–H groups in total. The quantitative estimate of drug-likeness (QED) is 0.591. The number of carbonyl (C=O) groups excluding carboxylic acids is 1. The van der Waals surface area contributed by atoms with E-state index in [2.05, 4.69) is 28.1 Å². The third kappa shape index (κ3) is 4.21. The lowest BCUT2D eigenvalue weighted by atomic mass is 10.1. The highest BCUT2D eigenvalue weighted by atomic mass is 19.4. The van der Waals surface area contributed by atoms with Crippen molar-refractivity contribution in [1.29, 1.82) is 0 Å². The van der Waals surface area contributed by atoms with Crippen molar-refractivity contribution in [3.63, 3.8) is 0 Å². The molecule has 1 saturated heterocycles. The number of hydrogen-bond donors (Lipinski definition) is 0. The number of fused-ring (bicyclic) bond motifs is 1. The van der Waals surface area contributed by atoms with Gasteiger partial charge in [-0.05, 0) is 41.7 Å². The van der Waals surface area contributed by atoms with Crippen LogP contribution in [0.25, 0.3) is 10.9 Å². The molecule has 4 nitrogen and oxygen atoms in total. The van der Waals surface area contributed by atoms with Crippen LogP contribution in [0.4, 0.5) is 13.2 Å². The van der Waals surface area contributed by atoms with Gasteiger partial charge in [0.15, 0.2) is 0 Å². The van der Waals surface area contributed by atoms with E-state index < -0.39 is 11.7 Å². The van der Waals surface area contributed by atoms with Crippen LogP contribution in [0.15, 0.2) is 60.8 Å². The summed E-state index contributed by atoms with van der Waals surface area (Å²) in [5.74, 6) is 0.0477. The number of carbonyl (C=O) groups is 1. The first kappa shape index (κ1) is 20.9. The standard InChI is InChI=1S/C25H24F3N3O/c26-25(27,28)20-8-6-17(7-9-20)21-15-22(21)24(32)31-13-11-30(12-14-31)16-19-4-1-3-18-5-2-10-29-23(18)19/h1-10,21-22H,11-16H2. The largest absolute Gasteiger partial charge is 0.416 e. The Morgan fingerprint density at radius 3 is 2.41 bits per heavy atom. The van der Waals surface area contributed by atoms with Crippen LogP contribution < -0.4 is 0 Å². The van der Waals surface area contributed by atoms with Gasteiger partial charge in [-0.3, -0.25) is 14.7 Å². The monoisotopic (exact) mass is 439 g/mol. The number of para-hydroxylation sites is 1. The SMILES string of the molecule is O=C(C1CC1c1ccc(C(F)(F)F)cc1)N1CCN(Cc2cccc3cccnc23)CC1. The molecule has 1 saturated carbocycles. The lowest BCUT2D eigenvalue weighted by molar-refractivity contribution is -0.137. The van der Waals surface area contributed by atoms with E-state index in [1.807, 2.05) is 23.2 Å². The van der Waals surface area contributed by atoms with Crippen molar-refractivity contribution in [3.05, 3.63) is 77.5 Å². The Balaban J connectivity index is 1.16. The van der Waals surface area contributed by atoms with Crippen molar-refractivity contribution < 1.29 is 18.0 Å². The molecule has 166 valence electrons. The second-order valence-electron chi connectivity index (χ2n) is 8.66. The maximum Gasteiger partial charge on any atom is 0.416 e. The summed E-state index contributed by atoms with van der Waals surface area (Å²) in [4.78, 5) is 21.7. The Bertz CT molecular complexity index is 1120. The van der Waals surface area contributed by atoms with Crippen molar-refractivity contribution in [1.82, 2.24) is 14.8 Å². The van der Waals surface area contributed by atoms with Gasteiger partial charge in [0.25, 0.3) is 0 Å². The van der Waals surface area contributed by atoms with E-state index in [0.29, 0.717) is 19.5 Å². The van der Waals surface area contributed by atoms with Gasteiger partial charge in [0.1, 0.15) is 0 Å². The Kier molecular flexibility index (Phi) is 5.37. The van der Waals surface area contributed by atoms with Crippen LogP contribution in [-0.2, 0) is 17.5 Å². The average molecular weight is 439 g/mol. The third-order valence-electron chi connectivity index (χ3n) is 6.57. The van der Waals surface area contributed by atoms with Crippen LogP contribution in [0.2, 0.25) is 0 Å². The summed E-state index contributed by atoms with van der Waals surface area (Å²) in [5, 5.41) is 1.13. The number of halogens is 3. The van der Waals surface area contributed by atoms with Gasteiger partial charge in [-0.1, -0.05) is 36.4 Å². The summed E-state index contributed by atoms with van der Waals surface area (Å²) in [7, 11) is 0. The summed E-state index contributed by atoms with van der Waals surface area (Å²) in [6.07, 6.45) is -1.81. The predicted octanol–water partition coefficient (Wildman–Crippen LogP) is 4.70. The van der Waals surface area contributed by atoms with Gasteiger partial charge in [0.2, 0.25) is 5.91 Å². The van der Waals surface area contributed by atoms with Gasteiger partial charge in [-0.2, -0.15) is 13.2 Å². The Labute approximate surface area is 184 Å². The van der Waals surface area contributed by atoms with Gasteiger partial charge in [0, 0.05) is 50.2 Å². The third-order valence-corrected chi connectivity index (χ3v) is 6.57. The fraction of sp³-hybridized carbons (Fsp3) is 0.360. The first-order valence-electron chi connectivity index (χ1n) is 10.9. The first-order chi connectivity index (χ1) is 15.4. The van der Waals surface area contributed by atoms with Gasteiger partial charge in [-0.25, -0.2) is 0 Å². The molecule has 1 aliphatic carbocycles. The van der Waals surface area contributed by atoms with Crippen molar-refractivity contribution in [2.24, 2.45) is 5.92 Å². The summed E-state index contributed by atoms with van der Waals surface area (Å²) in [6, 6.07) is 15.4. The summed E-state index contributed by atoms with van der Waals surface area (Å²) in [6.45, 7) is 3.74. The highest BCUT2D eigenvalue weighted by Gasteiger charge is 2.46. The maximum atomic E-state index is 12.9. The van der Waals surface area contributed by atoms with E-state index in [1.165, 1.54) is 17.7 Å². The molecular formula is C25H24F3N3O. The van der Waals surface area contributed by atoms with E-state index in [1.54, 1.807) is 0 Å². The minimum atomic E-state index is -4.33. The predicted molar refractivity (Wildman–Crippen MR) is 116 cm³/mol. The normalized spacial score (nSPS) is 21.7. The number of aromatic nitrogens is 1. The molecule has 2 aliphatic rings. The number of piperazine rings is 1. The zero-order valence-electron chi connectivity index (χ0n) is 17.6. The number of benzene rings is 2. The van der Waals surface area contributed by atoms with E-state index in [-0.39, 0.29) is 17.7 Å². The van der Waals surface area contributed by atoms with Gasteiger partial charge in [0.05, 0.1) is 11.1 Å². The molecule has 1 amide bonds. The number of amides is 1. The van der Waals surface area contributed by atoms with E-state index in [4.69, 9.17) is 0 Å². The van der Waals surface area contributed by atoms with E-state index in [0.717, 1.165) is 48.2 Å². The molecular weight excluding hydrogens is 415 g/mol. The summed E-state index contributed by atoms with van der Waals surface area (Å²) < 4.78 is 38.3. The molecule has 2 unspecified atom stereocenters. The Morgan fingerprint density at radius 2 is 1.69 bits per heavy atom. The van der Waals surface area contributed by atoms with E-state index >= 15 is 0 Å². The lowest BCUT2D eigenvalue weighted by Crippen LogP contribution is -2.48. The minimum absolute atomic E-state index is 0.0320. The highest BCUT2D eigenvalue weighted by molar-refractivity contribution is 5.83. The van der Waals surface area contributed by atoms with Gasteiger partial charge in [-0.15, -0.1) is 0 Å². The summed E-state index contributed by atoms with van der Waals surface area (Å²) in [5.41, 5.74) is 2.37. The van der Waals surface area contributed by atoms with Crippen LogP contribution in [0.5, 0.6) is 0 Å². The zero-order valence-corrected chi connectivity index (χ0v) is 17.6. The second-order valence-corrected chi connectivity index (χ2v) is 8.66. The number of hydrogen-bond acceptors (Lipinski definition) is 3. The topological polar surface area (TPSA) is 36.4 Å². The fourth-order valence-corrected chi connectivity index (χ4v) is 4.65. The maximum absolute atomic E-state index is 12.9. The minimum Gasteiger partial charge on any atom is -0.340 e. The number of rotatable bonds is 4. The fourth-order valence-electron chi connectivity index (χ4n) is 4.65. The average Bonchev–Trinajstić information content (AvgIpc) is 3.60. The lowest BCUT2D eigenvalue weighted by Gasteiger charge is -2.35. The zero-order chi connectivity index (χ0) is 22.3. The molecule has 1 aliphatic heterocycles. The number of alkyl halides is 3. The van der Waals surface area contributed by atoms with Gasteiger partial charge < -0.3 is 4.90 Å². The molecule has 2 atom stereocenters. The Hall–Kier alpha value is -2.93. The molecule has 7 heteroatoms. The van der Waals surface area contributed by atoms with Crippen LogP contribution in [0, 0.1) is 5.92 Å². The van der Waals surface area contributed by atoms with Crippen LogP contribution in [-0.4, -0.2) is 46.9 Å². The van der Waals surface area contributed by atoms with Gasteiger partial charge >= 0.3 is 6.18 Å². The van der Waals surface area contributed by atoms with Crippen LogP contribution in [0.1, 0.15) is 29.0 Å². The number of nitrogens with zero attached hydrogens (tertiary/aromatic N) is 3. The molecule has 5 rings (SSSR count). The number of pyridine rings is 1. The molecule has 1 aromatic heterocycles. The molecule has 3 aromatic rings. The molecule has 2 heterocycles. The molecule has 0 radical (unpaired) electrons. The van der Waals surface area contributed by atoms with Crippen molar-refractivity contribution in [2.45, 2.75) is 25.1 Å². The van der Waals surface area contributed by atoms with Crippen LogP contribution in [0.3, 0.4) is 0 Å². The molecule has 0 bridgehead atoms. The van der Waals surface area contributed by atoms with Crippen molar-refractivity contribution in [2.75, 3.05) is 26.2 Å². The van der Waals surface area contributed by atoms with Crippen LogP contribution >= 0.6 is 0 Å². The van der Waals surface area contributed by atoms with Crippen molar-refractivity contribution >= 4 is 16.8 Å². The molecule has 32 heavy (non-hydrogen) atoms. The van der Waals surface area contributed by atoms with E-state index in [9.17, 15) is 18.0 Å². The second kappa shape index (κ2) is 8.20. The molecule has 2 fully saturated rings.